The molecule has 0 bridgehead atoms. The first-order valence-electron chi connectivity index (χ1n) is 4.41. The average molecular weight is 211 g/mol. The third-order valence-electron chi connectivity index (χ3n) is 2.36. The van der Waals surface area contributed by atoms with E-state index in [0.717, 1.165) is 0 Å². The molecule has 1 aliphatic rings. The van der Waals surface area contributed by atoms with E-state index in [4.69, 9.17) is 5.11 Å². The van der Waals surface area contributed by atoms with Gasteiger partial charge < -0.3 is 5.11 Å². The van der Waals surface area contributed by atoms with Gasteiger partial charge in [0.1, 0.15) is 0 Å². The van der Waals surface area contributed by atoms with Gasteiger partial charge in [0.05, 0.1) is 12.8 Å². The Hall–Kier alpha value is -0.780. The summed E-state index contributed by atoms with van der Waals surface area (Å²) in [5.74, 6) is -0.952. The quantitative estimate of drug-likeness (QED) is 0.765. The van der Waals surface area contributed by atoms with Crippen LogP contribution in [0.1, 0.15) is 19.3 Å². The van der Waals surface area contributed by atoms with Crippen molar-refractivity contribution in [1.29, 1.82) is 0 Å². The summed E-state index contributed by atoms with van der Waals surface area (Å²) in [5.41, 5.74) is 0. The highest BCUT2D eigenvalue weighted by molar-refractivity contribution is 5.67. The molecule has 3 nitrogen and oxygen atoms in total. The maximum atomic E-state index is 11.8. The third-order valence-corrected chi connectivity index (χ3v) is 2.36. The molecule has 0 aliphatic carbocycles. The monoisotopic (exact) mass is 211 g/mol. The van der Waals surface area contributed by atoms with Gasteiger partial charge in [-0.1, -0.05) is 0 Å². The van der Waals surface area contributed by atoms with Crippen molar-refractivity contribution in [2.75, 3.05) is 13.1 Å². The van der Waals surface area contributed by atoms with Gasteiger partial charge in [0.2, 0.25) is 0 Å². The second-order valence-electron chi connectivity index (χ2n) is 3.44. The van der Waals surface area contributed by atoms with E-state index < -0.39 is 18.6 Å². The number of hydrogen-bond donors (Lipinski definition) is 1. The lowest BCUT2D eigenvalue weighted by atomic mass is 9.99. The van der Waals surface area contributed by atoms with Crippen LogP contribution in [0, 0.1) is 0 Å². The van der Waals surface area contributed by atoms with Crippen LogP contribution >= 0.6 is 0 Å². The van der Waals surface area contributed by atoms with Gasteiger partial charge in [-0.25, -0.2) is 0 Å². The lowest BCUT2D eigenvalue weighted by Crippen LogP contribution is -2.49. The summed E-state index contributed by atoms with van der Waals surface area (Å²) in [6, 6.07) is -0.199. The van der Waals surface area contributed by atoms with Gasteiger partial charge >= 0.3 is 12.1 Å². The van der Waals surface area contributed by atoms with E-state index in [9.17, 15) is 18.0 Å². The summed E-state index contributed by atoms with van der Waals surface area (Å²) in [4.78, 5) is 11.9. The molecule has 1 atom stereocenters. The third kappa shape index (κ3) is 3.53. The van der Waals surface area contributed by atoms with Crippen LogP contribution in [0.5, 0.6) is 0 Å². The summed E-state index contributed by atoms with van der Waals surface area (Å²) in [6.45, 7) is 0.496. The number of rotatable bonds is 4. The van der Waals surface area contributed by atoms with Crippen LogP contribution in [-0.2, 0) is 4.79 Å². The minimum Gasteiger partial charge on any atom is -0.481 e. The van der Waals surface area contributed by atoms with Crippen LogP contribution < -0.4 is 0 Å². The first-order valence-corrected chi connectivity index (χ1v) is 4.41. The second-order valence-corrected chi connectivity index (χ2v) is 3.44. The molecular weight excluding hydrogens is 199 g/mol. The van der Waals surface area contributed by atoms with E-state index >= 15 is 0 Å². The van der Waals surface area contributed by atoms with E-state index in [1.165, 1.54) is 0 Å². The molecule has 0 aromatic carbocycles. The Morgan fingerprint density at radius 3 is 2.50 bits per heavy atom. The number of carbonyl (C=O) groups is 1. The van der Waals surface area contributed by atoms with Gasteiger partial charge in [-0.15, -0.1) is 0 Å². The summed E-state index contributed by atoms with van der Waals surface area (Å²) < 4.78 is 35.5. The summed E-state index contributed by atoms with van der Waals surface area (Å²) in [5, 5.41) is 8.45. The fourth-order valence-electron chi connectivity index (χ4n) is 1.49. The first-order chi connectivity index (χ1) is 6.38. The minimum absolute atomic E-state index is 0.0577. The number of carboxylic acid groups (broad SMARTS) is 1. The SMILES string of the molecule is O=C(O)CC1CCN1CCC(F)(F)F. The van der Waals surface area contributed by atoms with Crippen molar-refractivity contribution in [2.45, 2.75) is 31.5 Å². The zero-order chi connectivity index (χ0) is 10.8. The topological polar surface area (TPSA) is 40.5 Å². The molecule has 1 unspecified atom stereocenters. The first kappa shape index (κ1) is 11.3. The van der Waals surface area contributed by atoms with E-state index in [1.807, 2.05) is 0 Å². The van der Waals surface area contributed by atoms with E-state index in [0.29, 0.717) is 13.0 Å². The highest BCUT2D eigenvalue weighted by Crippen LogP contribution is 2.25. The van der Waals surface area contributed by atoms with Gasteiger partial charge in [-0.2, -0.15) is 13.2 Å². The Balaban J connectivity index is 2.23. The predicted octanol–water partition coefficient (Wildman–Crippen LogP) is 1.49. The van der Waals surface area contributed by atoms with E-state index in [2.05, 4.69) is 0 Å². The lowest BCUT2D eigenvalue weighted by molar-refractivity contribution is -0.145. The summed E-state index contributed by atoms with van der Waals surface area (Å²) in [7, 11) is 0. The number of hydrogen-bond acceptors (Lipinski definition) is 2. The number of likely N-dealkylation sites (tertiary alicyclic amines) is 1. The van der Waals surface area contributed by atoms with Crippen molar-refractivity contribution >= 4 is 5.97 Å². The van der Waals surface area contributed by atoms with Gasteiger partial charge in [-0.3, -0.25) is 9.69 Å². The van der Waals surface area contributed by atoms with Gasteiger partial charge in [0.15, 0.2) is 0 Å². The summed E-state index contributed by atoms with van der Waals surface area (Å²) >= 11 is 0. The minimum atomic E-state index is -4.15. The molecule has 0 spiro atoms. The van der Waals surface area contributed by atoms with Gasteiger partial charge in [0, 0.05) is 12.6 Å². The standard InChI is InChI=1S/C8H12F3NO2/c9-8(10,11)2-4-12-3-1-6(12)5-7(13)14/h6H,1-5H2,(H,13,14). The largest absolute Gasteiger partial charge is 0.481 e. The van der Waals surface area contributed by atoms with Crippen molar-refractivity contribution in [3.8, 4) is 0 Å². The molecule has 82 valence electrons. The molecule has 0 aromatic heterocycles. The van der Waals surface area contributed by atoms with Crippen LogP contribution in [-0.4, -0.2) is 41.3 Å². The Kier molecular flexibility index (Phi) is 3.36. The van der Waals surface area contributed by atoms with Crippen LogP contribution in [0.25, 0.3) is 0 Å². The maximum Gasteiger partial charge on any atom is 0.390 e. The Labute approximate surface area is 79.5 Å². The van der Waals surface area contributed by atoms with Crippen molar-refractivity contribution in [1.82, 2.24) is 4.90 Å². The van der Waals surface area contributed by atoms with E-state index in [1.54, 1.807) is 4.90 Å². The van der Waals surface area contributed by atoms with Crippen molar-refractivity contribution in [2.24, 2.45) is 0 Å². The second kappa shape index (κ2) is 4.16. The number of nitrogens with zero attached hydrogens (tertiary/aromatic N) is 1. The zero-order valence-corrected chi connectivity index (χ0v) is 7.55. The number of aliphatic carboxylic acids is 1. The fourth-order valence-corrected chi connectivity index (χ4v) is 1.49. The van der Waals surface area contributed by atoms with Crippen LogP contribution in [0.4, 0.5) is 13.2 Å². The van der Waals surface area contributed by atoms with Crippen LogP contribution in [0.15, 0.2) is 0 Å². The van der Waals surface area contributed by atoms with Crippen molar-refractivity contribution < 1.29 is 23.1 Å². The molecule has 1 fully saturated rings. The molecule has 6 heteroatoms. The zero-order valence-electron chi connectivity index (χ0n) is 7.55. The fraction of sp³-hybridized carbons (Fsp3) is 0.875. The molecule has 1 rings (SSSR count). The molecule has 1 saturated heterocycles. The number of halogens is 3. The molecule has 0 amide bonds. The molecule has 1 heterocycles. The highest BCUT2D eigenvalue weighted by atomic mass is 19.4. The Morgan fingerprint density at radius 2 is 2.14 bits per heavy atom. The molecule has 14 heavy (non-hydrogen) atoms. The van der Waals surface area contributed by atoms with E-state index in [-0.39, 0.29) is 19.0 Å². The number of carboxylic acids is 1. The summed E-state index contributed by atoms with van der Waals surface area (Å²) in [6.07, 6.45) is -4.38. The van der Waals surface area contributed by atoms with Gasteiger partial charge in [0.25, 0.3) is 0 Å². The molecular formula is C8H12F3NO2. The molecule has 1 aliphatic heterocycles. The Morgan fingerprint density at radius 1 is 1.50 bits per heavy atom. The van der Waals surface area contributed by atoms with Crippen LogP contribution in [0.3, 0.4) is 0 Å². The maximum absolute atomic E-state index is 11.8. The smallest absolute Gasteiger partial charge is 0.390 e. The lowest BCUT2D eigenvalue weighted by Gasteiger charge is -2.40. The van der Waals surface area contributed by atoms with Crippen LogP contribution in [0.2, 0.25) is 0 Å². The average Bonchev–Trinajstić information content (AvgIpc) is 1.96. The molecule has 1 N–H and O–H groups in total. The van der Waals surface area contributed by atoms with Gasteiger partial charge in [-0.05, 0) is 13.0 Å². The molecule has 0 radical (unpaired) electrons. The Bertz CT molecular complexity index is 217. The normalized spacial score (nSPS) is 23.2. The highest BCUT2D eigenvalue weighted by Gasteiger charge is 2.34. The molecule has 0 saturated carbocycles. The predicted molar refractivity (Wildman–Crippen MR) is 42.9 cm³/mol. The number of alkyl halides is 3. The molecule has 0 aromatic rings. The van der Waals surface area contributed by atoms with Crippen molar-refractivity contribution in [3.63, 3.8) is 0 Å². The van der Waals surface area contributed by atoms with Crippen molar-refractivity contribution in [3.05, 3.63) is 0 Å².